The molecule has 8 nitrogen and oxygen atoms in total. The average Bonchev–Trinajstić information content (AvgIpc) is 3.28. The minimum Gasteiger partial charge on any atom is -0.380 e. The summed E-state index contributed by atoms with van der Waals surface area (Å²) in [5.41, 5.74) is 5.95. The second-order valence-corrected chi connectivity index (χ2v) is 8.98. The van der Waals surface area contributed by atoms with Crippen LogP contribution in [0.4, 0.5) is 5.69 Å². The van der Waals surface area contributed by atoms with Gasteiger partial charge in [0, 0.05) is 12.7 Å². The zero-order chi connectivity index (χ0) is 21.6. The number of thiophene rings is 1. The van der Waals surface area contributed by atoms with Gasteiger partial charge in [-0.05, 0) is 41.3 Å². The summed E-state index contributed by atoms with van der Waals surface area (Å²) >= 11 is 1.06. The van der Waals surface area contributed by atoms with Gasteiger partial charge in [-0.15, -0.1) is 11.3 Å². The number of benzene rings is 2. The van der Waals surface area contributed by atoms with E-state index in [-0.39, 0.29) is 15.5 Å². The van der Waals surface area contributed by atoms with Crippen LogP contribution in [0.5, 0.6) is 0 Å². The van der Waals surface area contributed by atoms with Crippen molar-refractivity contribution in [1.82, 2.24) is 10.9 Å². The van der Waals surface area contributed by atoms with Gasteiger partial charge in [-0.2, -0.15) is 0 Å². The lowest BCUT2D eigenvalue weighted by atomic mass is 10.1. The summed E-state index contributed by atoms with van der Waals surface area (Å²) in [6.07, 6.45) is 0. The monoisotopic (exact) mass is 445 g/mol. The molecule has 156 valence electrons. The molecule has 1 aromatic heterocycles. The van der Waals surface area contributed by atoms with E-state index in [0.717, 1.165) is 16.9 Å². The van der Waals surface area contributed by atoms with Gasteiger partial charge in [0.1, 0.15) is 4.21 Å². The van der Waals surface area contributed by atoms with Crippen LogP contribution in [-0.2, 0) is 21.4 Å². The van der Waals surface area contributed by atoms with E-state index in [1.165, 1.54) is 18.2 Å². The molecular weight excluding hydrogens is 426 g/mol. The molecule has 0 aliphatic rings. The van der Waals surface area contributed by atoms with Gasteiger partial charge >= 0.3 is 0 Å². The highest BCUT2D eigenvalue weighted by Crippen LogP contribution is 2.22. The number of anilines is 1. The number of rotatable bonds is 7. The van der Waals surface area contributed by atoms with Gasteiger partial charge in [0.2, 0.25) is 0 Å². The molecular formula is C20H19N3O5S2. The number of hydrogen-bond donors (Lipinski definition) is 3. The third-order valence-electron chi connectivity index (χ3n) is 3.97. The summed E-state index contributed by atoms with van der Waals surface area (Å²) < 4.78 is 32.5. The van der Waals surface area contributed by atoms with Gasteiger partial charge in [0.15, 0.2) is 0 Å². The van der Waals surface area contributed by atoms with Gasteiger partial charge < -0.3 is 4.74 Å². The van der Waals surface area contributed by atoms with Crippen molar-refractivity contribution in [3.05, 3.63) is 82.7 Å². The van der Waals surface area contributed by atoms with E-state index < -0.39 is 21.8 Å². The molecule has 3 rings (SSSR count). The molecule has 0 radical (unpaired) electrons. The van der Waals surface area contributed by atoms with Gasteiger partial charge in [-0.3, -0.25) is 25.2 Å². The molecule has 1 heterocycles. The Balaban J connectivity index is 1.70. The number of para-hydroxylation sites is 1. The Labute approximate surface area is 177 Å². The molecule has 0 aliphatic heterocycles. The maximum atomic E-state index is 12.6. The first kappa shape index (κ1) is 21.5. The lowest BCUT2D eigenvalue weighted by molar-refractivity contribution is 0.0847. The van der Waals surface area contributed by atoms with E-state index in [9.17, 15) is 18.0 Å². The first-order chi connectivity index (χ1) is 14.4. The molecule has 0 saturated carbocycles. The molecule has 3 aromatic rings. The number of sulfonamides is 1. The second-order valence-electron chi connectivity index (χ2n) is 6.12. The normalized spacial score (nSPS) is 11.0. The summed E-state index contributed by atoms with van der Waals surface area (Å²) in [5, 5.41) is 1.64. The van der Waals surface area contributed by atoms with Crippen LogP contribution in [0, 0.1) is 0 Å². The number of nitrogens with one attached hydrogen (secondary N) is 3. The molecule has 3 N–H and O–H groups in total. The smallest absolute Gasteiger partial charge is 0.271 e. The summed E-state index contributed by atoms with van der Waals surface area (Å²) in [6, 6.07) is 16.0. The highest BCUT2D eigenvalue weighted by Gasteiger charge is 2.19. The Kier molecular flexibility index (Phi) is 6.83. The molecule has 30 heavy (non-hydrogen) atoms. The van der Waals surface area contributed by atoms with E-state index in [1.807, 2.05) is 6.07 Å². The zero-order valence-electron chi connectivity index (χ0n) is 15.9. The SMILES string of the molecule is COCc1cccc(C(=O)NNC(=O)c2ccccc2NS(=O)(=O)c2cccs2)c1. The fraction of sp³-hybridized carbons (Fsp3) is 0.100. The third-order valence-corrected chi connectivity index (χ3v) is 6.73. The lowest BCUT2D eigenvalue weighted by Gasteiger charge is -2.13. The summed E-state index contributed by atoms with van der Waals surface area (Å²) in [4.78, 5) is 24.9. The molecule has 0 aliphatic carbocycles. The van der Waals surface area contributed by atoms with Crippen molar-refractivity contribution in [2.24, 2.45) is 0 Å². The van der Waals surface area contributed by atoms with Crippen molar-refractivity contribution in [2.75, 3.05) is 11.8 Å². The predicted octanol–water partition coefficient (Wildman–Crippen LogP) is 2.77. The molecule has 0 atom stereocenters. The van der Waals surface area contributed by atoms with Crippen LogP contribution in [0.1, 0.15) is 26.3 Å². The average molecular weight is 446 g/mol. The van der Waals surface area contributed by atoms with Crippen LogP contribution < -0.4 is 15.6 Å². The van der Waals surface area contributed by atoms with E-state index in [2.05, 4.69) is 15.6 Å². The van der Waals surface area contributed by atoms with Crippen LogP contribution in [0.2, 0.25) is 0 Å². The molecule has 2 amide bonds. The van der Waals surface area contributed by atoms with Crippen LogP contribution >= 0.6 is 11.3 Å². The summed E-state index contributed by atoms with van der Waals surface area (Å²) in [6.45, 7) is 0.352. The number of carbonyl (C=O) groups is 2. The van der Waals surface area contributed by atoms with Crippen molar-refractivity contribution >= 4 is 38.9 Å². The molecule has 0 saturated heterocycles. The van der Waals surface area contributed by atoms with Crippen LogP contribution in [0.15, 0.2) is 70.3 Å². The fourth-order valence-electron chi connectivity index (χ4n) is 2.60. The van der Waals surface area contributed by atoms with E-state index in [0.29, 0.717) is 12.2 Å². The van der Waals surface area contributed by atoms with Crippen LogP contribution in [-0.4, -0.2) is 27.3 Å². The molecule has 10 heteroatoms. The Hall–Kier alpha value is -3.21. The Bertz CT molecular complexity index is 1140. The van der Waals surface area contributed by atoms with Gasteiger partial charge in [0.05, 0.1) is 17.9 Å². The molecule has 0 bridgehead atoms. The van der Waals surface area contributed by atoms with E-state index in [4.69, 9.17) is 4.74 Å². The maximum Gasteiger partial charge on any atom is 0.271 e. The number of amides is 2. The number of carbonyl (C=O) groups excluding carboxylic acids is 2. The zero-order valence-corrected chi connectivity index (χ0v) is 17.5. The molecule has 2 aromatic carbocycles. The Morgan fingerprint density at radius 2 is 1.73 bits per heavy atom. The van der Waals surface area contributed by atoms with Gasteiger partial charge in [-0.25, -0.2) is 8.42 Å². The van der Waals surface area contributed by atoms with Crippen LogP contribution in [0.25, 0.3) is 0 Å². The Morgan fingerprint density at radius 1 is 0.967 bits per heavy atom. The van der Waals surface area contributed by atoms with E-state index >= 15 is 0 Å². The van der Waals surface area contributed by atoms with Crippen molar-refractivity contribution in [2.45, 2.75) is 10.8 Å². The number of hydrogen-bond acceptors (Lipinski definition) is 6. The largest absolute Gasteiger partial charge is 0.380 e. The Morgan fingerprint density at radius 3 is 2.47 bits per heavy atom. The number of methoxy groups -OCH3 is 1. The van der Waals surface area contributed by atoms with Crippen molar-refractivity contribution in [3.8, 4) is 0 Å². The minimum absolute atomic E-state index is 0.0612. The summed E-state index contributed by atoms with van der Waals surface area (Å²) in [7, 11) is -2.27. The van der Waals surface area contributed by atoms with Crippen molar-refractivity contribution in [3.63, 3.8) is 0 Å². The molecule has 0 fully saturated rings. The van der Waals surface area contributed by atoms with Gasteiger partial charge in [0.25, 0.3) is 21.8 Å². The molecule has 0 spiro atoms. The highest BCUT2D eigenvalue weighted by molar-refractivity contribution is 7.94. The van der Waals surface area contributed by atoms with E-state index in [1.54, 1.807) is 48.9 Å². The quantitative estimate of drug-likeness (QED) is 0.484. The van der Waals surface area contributed by atoms with Gasteiger partial charge in [-0.1, -0.05) is 30.3 Å². The molecule has 0 unspecified atom stereocenters. The van der Waals surface area contributed by atoms with Crippen molar-refractivity contribution < 1.29 is 22.7 Å². The topological polar surface area (TPSA) is 114 Å². The highest BCUT2D eigenvalue weighted by atomic mass is 32.2. The fourth-order valence-corrected chi connectivity index (χ4v) is 4.68. The lowest BCUT2D eigenvalue weighted by Crippen LogP contribution is -2.42. The third kappa shape index (κ3) is 5.23. The number of hydrazine groups is 1. The first-order valence-corrected chi connectivity index (χ1v) is 11.1. The first-order valence-electron chi connectivity index (χ1n) is 8.74. The number of ether oxygens (including phenoxy) is 1. The van der Waals surface area contributed by atoms with Crippen molar-refractivity contribution in [1.29, 1.82) is 0 Å². The predicted molar refractivity (Wildman–Crippen MR) is 114 cm³/mol. The summed E-state index contributed by atoms with van der Waals surface area (Å²) in [5.74, 6) is -1.18. The minimum atomic E-state index is -3.82. The second kappa shape index (κ2) is 9.53. The van der Waals surface area contributed by atoms with Crippen LogP contribution in [0.3, 0.4) is 0 Å². The standard InChI is InChI=1S/C20H19N3O5S2/c1-28-13-14-6-4-7-15(12-14)19(24)21-22-20(25)16-8-2-3-9-17(16)23-30(26,27)18-10-5-11-29-18/h2-12,23H,13H2,1H3,(H,21,24)(H,22,25). The maximum absolute atomic E-state index is 12.6.